The maximum absolute atomic E-state index is 12.0. The molecule has 0 unspecified atom stereocenters. The monoisotopic (exact) mass is 279 g/mol. The van der Waals surface area contributed by atoms with E-state index >= 15 is 0 Å². The maximum Gasteiger partial charge on any atom is 0.242 e. The molecule has 0 bridgehead atoms. The van der Waals surface area contributed by atoms with E-state index in [0.717, 1.165) is 11.5 Å². The number of oxazole rings is 1. The minimum Gasteiger partial charge on any atom is -0.445 e. The van der Waals surface area contributed by atoms with Crippen LogP contribution < -0.4 is 5.32 Å². The van der Waals surface area contributed by atoms with Crippen LogP contribution in [0.4, 0.5) is 0 Å². The summed E-state index contributed by atoms with van der Waals surface area (Å²) in [5, 5.41) is 2.52. The molecule has 0 fully saturated rings. The van der Waals surface area contributed by atoms with Gasteiger partial charge in [0.15, 0.2) is 5.89 Å². The Morgan fingerprint density at radius 2 is 2.10 bits per heavy atom. The second kappa shape index (κ2) is 5.26. The summed E-state index contributed by atoms with van der Waals surface area (Å²) in [5.41, 5.74) is 0.694. The van der Waals surface area contributed by atoms with E-state index in [1.807, 2.05) is 20.8 Å². The van der Waals surface area contributed by atoms with Crippen molar-refractivity contribution in [1.82, 2.24) is 15.2 Å². The highest BCUT2D eigenvalue weighted by atomic mass is 16.4. The predicted octanol–water partition coefficient (Wildman–Crippen LogP) is 0.993. The maximum atomic E-state index is 12.0. The number of rotatable bonds is 2. The smallest absolute Gasteiger partial charge is 0.242 e. The van der Waals surface area contributed by atoms with E-state index in [9.17, 15) is 9.59 Å². The molecular formula is C14H21N3O3. The first-order valence-electron chi connectivity index (χ1n) is 6.78. The Bertz CT molecular complexity index is 528. The third-order valence-electron chi connectivity index (χ3n) is 3.21. The van der Waals surface area contributed by atoms with Crippen LogP contribution >= 0.6 is 0 Å². The lowest BCUT2D eigenvalue weighted by molar-refractivity contribution is -0.133. The molecule has 6 nitrogen and oxygen atoms in total. The zero-order valence-corrected chi connectivity index (χ0v) is 12.4. The number of nitrogens with one attached hydrogen (secondary N) is 1. The third kappa shape index (κ3) is 3.18. The molecule has 20 heavy (non-hydrogen) atoms. The lowest BCUT2D eigenvalue weighted by atomic mass is 9.97. The topological polar surface area (TPSA) is 75.4 Å². The number of aromatic nitrogens is 1. The highest BCUT2D eigenvalue weighted by molar-refractivity contribution is 5.83. The molecule has 1 N–H and O–H groups in total. The summed E-state index contributed by atoms with van der Waals surface area (Å²) in [7, 11) is 0. The van der Waals surface area contributed by atoms with Gasteiger partial charge in [0.2, 0.25) is 11.8 Å². The van der Waals surface area contributed by atoms with Crippen molar-refractivity contribution >= 4 is 11.8 Å². The van der Waals surface area contributed by atoms with Crippen molar-refractivity contribution in [2.45, 2.75) is 46.1 Å². The van der Waals surface area contributed by atoms with Crippen molar-refractivity contribution in [3.8, 4) is 0 Å². The summed E-state index contributed by atoms with van der Waals surface area (Å²) in [6.07, 6.45) is 0.671. The Kier molecular flexibility index (Phi) is 3.83. The van der Waals surface area contributed by atoms with Crippen molar-refractivity contribution < 1.29 is 14.0 Å². The van der Waals surface area contributed by atoms with Gasteiger partial charge in [-0.25, -0.2) is 4.98 Å². The second-order valence-electron chi connectivity index (χ2n) is 6.11. The molecular weight excluding hydrogens is 258 g/mol. The van der Waals surface area contributed by atoms with Crippen LogP contribution in [-0.2, 0) is 28.0 Å². The van der Waals surface area contributed by atoms with Gasteiger partial charge in [-0.05, 0) is 0 Å². The third-order valence-corrected chi connectivity index (χ3v) is 3.21. The van der Waals surface area contributed by atoms with Gasteiger partial charge in [-0.1, -0.05) is 20.8 Å². The lowest BCUT2D eigenvalue weighted by Crippen LogP contribution is -2.42. The molecule has 0 spiro atoms. The standard InChI is InChI=1S/C14H21N3O3/c1-9(18)15-7-12(19)17-6-5-11-10(8-17)16-13(20-11)14(2,3)4/h5-8H2,1-4H3,(H,15,18). The van der Waals surface area contributed by atoms with Gasteiger partial charge in [0.05, 0.1) is 13.1 Å². The zero-order valence-electron chi connectivity index (χ0n) is 12.4. The minimum atomic E-state index is -0.201. The number of amides is 2. The number of hydrogen-bond acceptors (Lipinski definition) is 4. The van der Waals surface area contributed by atoms with Gasteiger partial charge in [-0.15, -0.1) is 0 Å². The Morgan fingerprint density at radius 3 is 2.70 bits per heavy atom. The van der Waals surface area contributed by atoms with E-state index in [0.29, 0.717) is 25.4 Å². The van der Waals surface area contributed by atoms with Gasteiger partial charge < -0.3 is 14.6 Å². The second-order valence-corrected chi connectivity index (χ2v) is 6.11. The largest absolute Gasteiger partial charge is 0.445 e. The normalized spacial score (nSPS) is 14.9. The van der Waals surface area contributed by atoms with E-state index in [-0.39, 0.29) is 23.8 Å². The first-order chi connectivity index (χ1) is 9.27. The Balaban J connectivity index is 2.05. The molecule has 1 aromatic rings. The van der Waals surface area contributed by atoms with Crippen LogP contribution in [0.15, 0.2) is 4.42 Å². The van der Waals surface area contributed by atoms with E-state index in [4.69, 9.17) is 4.42 Å². The van der Waals surface area contributed by atoms with E-state index in [2.05, 4.69) is 10.3 Å². The quantitative estimate of drug-likeness (QED) is 0.876. The molecule has 1 aliphatic rings. The first-order valence-corrected chi connectivity index (χ1v) is 6.78. The summed E-state index contributed by atoms with van der Waals surface area (Å²) < 4.78 is 5.78. The summed E-state index contributed by atoms with van der Waals surface area (Å²) in [6, 6.07) is 0. The molecule has 2 rings (SSSR count). The molecule has 0 radical (unpaired) electrons. The average Bonchev–Trinajstić information content (AvgIpc) is 2.78. The molecule has 110 valence electrons. The van der Waals surface area contributed by atoms with Crippen LogP contribution in [0, 0.1) is 0 Å². The van der Waals surface area contributed by atoms with Crippen LogP contribution in [-0.4, -0.2) is 34.8 Å². The number of carbonyl (C=O) groups excluding carboxylic acids is 2. The van der Waals surface area contributed by atoms with E-state index in [1.54, 1.807) is 4.90 Å². The molecule has 0 saturated heterocycles. The summed E-state index contributed by atoms with van der Waals surface area (Å²) in [4.78, 5) is 29.0. The highest BCUT2D eigenvalue weighted by Gasteiger charge is 2.28. The van der Waals surface area contributed by atoms with E-state index in [1.165, 1.54) is 6.92 Å². The summed E-state index contributed by atoms with van der Waals surface area (Å²) >= 11 is 0. The number of hydrogen-bond donors (Lipinski definition) is 1. The van der Waals surface area contributed by atoms with Gasteiger partial charge >= 0.3 is 0 Å². The molecule has 6 heteroatoms. The summed E-state index contributed by atoms with van der Waals surface area (Å²) in [5.74, 6) is 1.29. The van der Waals surface area contributed by atoms with Crippen molar-refractivity contribution in [3.63, 3.8) is 0 Å². The fraction of sp³-hybridized carbons (Fsp3) is 0.643. The molecule has 0 atom stereocenters. The number of fused-ring (bicyclic) bond motifs is 1. The SMILES string of the molecule is CC(=O)NCC(=O)N1CCc2oc(C(C)(C)C)nc2C1. The highest BCUT2D eigenvalue weighted by Crippen LogP contribution is 2.27. The molecule has 2 heterocycles. The van der Waals surface area contributed by atoms with Crippen LogP contribution in [0.5, 0.6) is 0 Å². The molecule has 0 aromatic carbocycles. The molecule has 0 saturated carbocycles. The minimum absolute atomic E-state index is 0.0364. The van der Waals surface area contributed by atoms with Gasteiger partial charge in [0.25, 0.3) is 0 Å². The van der Waals surface area contributed by atoms with Gasteiger partial charge in [0.1, 0.15) is 11.5 Å². The fourth-order valence-electron chi connectivity index (χ4n) is 2.04. The number of nitrogens with zero attached hydrogens (tertiary/aromatic N) is 2. The number of carbonyl (C=O) groups is 2. The van der Waals surface area contributed by atoms with Crippen molar-refractivity contribution in [1.29, 1.82) is 0 Å². The van der Waals surface area contributed by atoms with Crippen LogP contribution in [0.25, 0.3) is 0 Å². The van der Waals surface area contributed by atoms with E-state index < -0.39 is 0 Å². The van der Waals surface area contributed by atoms with Crippen molar-refractivity contribution in [2.75, 3.05) is 13.1 Å². The zero-order chi connectivity index (χ0) is 14.9. The van der Waals surface area contributed by atoms with Crippen LogP contribution in [0.1, 0.15) is 45.0 Å². The molecule has 0 aliphatic carbocycles. The predicted molar refractivity (Wildman–Crippen MR) is 73.0 cm³/mol. The van der Waals surface area contributed by atoms with Gasteiger partial charge in [0, 0.05) is 25.3 Å². The summed E-state index contributed by atoms with van der Waals surface area (Å²) in [6.45, 7) is 8.62. The lowest BCUT2D eigenvalue weighted by Gasteiger charge is -2.25. The average molecular weight is 279 g/mol. The Hall–Kier alpha value is -1.85. The Morgan fingerprint density at radius 1 is 1.40 bits per heavy atom. The molecule has 2 amide bonds. The van der Waals surface area contributed by atoms with Crippen molar-refractivity contribution in [3.05, 3.63) is 17.3 Å². The van der Waals surface area contributed by atoms with Crippen LogP contribution in [0.3, 0.4) is 0 Å². The first kappa shape index (κ1) is 14.6. The molecule has 1 aliphatic heterocycles. The fourth-order valence-corrected chi connectivity index (χ4v) is 2.04. The van der Waals surface area contributed by atoms with Crippen LogP contribution in [0.2, 0.25) is 0 Å². The van der Waals surface area contributed by atoms with Gasteiger partial charge in [-0.2, -0.15) is 0 Å². The molecule has 1 aromatic heterocycles. The Labute approximate surface area is 118 Å². The van der Waals surface area contributed by atoms with Gasteiger partial charge in [-0.3, -0.25) is 9.59 Å². The van der Waals surface area contributed by atoms with Crippen molar-refractivity contribution in [2.24, 2.45) is 0 Å².